The average Bonchev–Trinajstić information content (AvgIpc) is 2.91. The van der Waals surface area contributed by atoms with Crippen molar-refractivity contribution in [1.29, 1.82) is 0 Å². The number of carbonyl (C=O) groups is 1. The van der Waals surface area contributed by atoms with Gasteiger partial charge >= 0.3 is 6.03 Å². The summed E-state index contributed by atoms with van der Waals surface area (Å²) in [7, 11) is 0. The summed E-state index contributed by atoms with van der Waals surface area (Å²) in [5.41, 5.74) is 4.02. The predicted octanol–water partition coefficient (Wildman–Crippen LogP) is 3.15. The van der Waals surface area contributed by atoms with Crippen LogP contribution in [-0.4, -0.2) is 22.1 Å². The number of nitrogens with one attached hydrogen (secondary N) is 1. The van der Waals surface area contributed by atoms with Crippen molar-refractivity contribution in [2.75, 3.05) is 6.54 Å². The van der Waals surface area contributed by atoms with E-state index in [1.807, 2.05) is 43.3 Å². The van der Waals surface area contributed by atoms with E-state index < -0.39 is 0 Å². The third kappa shape index (κ3) is 2.94. The second-order valence-corrected chi connectivity index (χ2v) is 5.07. The van der Waals surface area contributed by atoms with Crippen molar-refractivity contribution in [1.82, 2.24) is 14.9 Å². The van der Waals surface area contributed by atoms with Gasteiger partial charge in [0.1, 0.15) is 6.33 Å². The first kappa shape index (κ1) is 13.4. The number of fused-ring (bicyclic) bond motifs is 1. The monoisotopic (exact) mass is 279 g/mol. The molecule has 2 aromatic carbocycles. The molecule has 0 fully saturated rings. The second kappa shape index (κ2) is 5.79. The fourth-order valence-electron chi connectivity index (χ4n) is 2.33. The molecule has 0 aliphatic rings. The van der Waals surface area contributed by atoms with Gasteiger partial charge in [0, 0.05) is 6.54 Å². The number of amides is 1. The van der Waals surface area contributed by atoms with Crippen LogP contribution in [0.3, 0.4) is 0 Å². The largest absolute Gasteiger partial charge is 0.337 e. The molecule has 1 N–H and O–H groups in total. The molecule has 0 unspecified atom stereocenters. The van der Waals surface area contributed by atoms with Crippen molar-refractivity contribution < 1.29 is 4.79 Å². The number of rotatable bonds is 3. The first-order valence-corrected chi connectivity index (χ1v) is 7.00. The number of benzene rings is 2. The summed E-state index contributed by atoms with van der Waals surface area (Å²) >= 11 is 0. The molecule has 0 bridgehead atoms. The summed E-state index contributed by atoms with van der Waals surface area (Å²) in [6.45, 7) is 2.62. The van der Waals surface area contributed by atoms with Crippen molar-refractivity contribution in [3.8, 4) is 0 Å². The topological polar surface area (TPSA) is 46.9 Å². The Labute approximate surface area is 123 Å². The summed E-state index contributed by atoms with van der Waals surface area (Å²) in [5, 5.41) is 2.92. The zero-order chi connectivity index (χ0) is 14.7. The Morgan fingerprint density at radius 1 is 1.19 bits per heavy atom. The van der Waals surface area contributed by atoms with Crippen LogP contribution in [0, 0.1) is 6.92 Å². The van der Waals surface area contributed by atoms with Gasteiger partial charge in [-0.1, -0.05) is 36.4 Å². The van der Waals surface area contributed by atoms with Crippen LogP contribution in [0.4, 0.5) is 4.79 Å². The van der Waals surface area contributed by atoms with E-state index in [-0.39, 0.29) is 6.03 Å². The van der Waals surface area contributed by atoms with E-state index in [0.29, 0.717) is 6.54 Å². The summed E-state index contributed by atoms with van der Waals surface area (Å²) in [4.78, 5) is 16.5. The number of carbonyl (C=O) groups excluding carboxylic acids is 1. The molecule has 0 saturated heterocycles. The third-order valence-electron chi connectivity index (χ3n) is 3.45. The fraction of sp³-hybridized carbons (Fsp3) is 0.176. The lowest BCUT2D eigenvalue weighted by atomic mass is 10.1. The van der Waals surface area contributed by atoms with E-state index in [0.717, 1.165) is 23.0 Å². The van der Waals surface area contributed by atoms with Crippen molar-refractivity contribution >= 4 is 17.1 Å². The van der Waals surface area contributed by atoms with Crippen molar-refractivity contribution in [2.45, 2.75) is 13.3 Å². The van der Waals surface area contributed by atoms with E-state index in [2.05, 4.69) is 22.4 Å². The van der Waals surface area contributed by atoms with E-state index in [1.54, 1.807) is 10.9 Å². The molecular formula is C17H17N3O. The smallest absolute Gasteiger partial charge is 0.327 e. The average molecular weight is 279 g/mol. The van der Waals surface area contributed by atoms with E-state index >= 15 is 0 Å². The quantitative estimate of drug-likeness (QED) is 0.800. The van der Waals surface area contributed by atoms with Crippen molar-refractivity contribution in [2.24, 2.45) is 0 Å². The summed E-state index contributed by atoms with van der Waals surface area (Å²) in [6, 6.07) is 15.9. The number of aryl methyl sites for hydroxylation is 1. The zero-order valence-corrected chi connectivity index (χ0v) is 11.9. The molecule has 0 radical (unpaired) electrons. The highest BCUT2D eigenvalue weighted by molar-refractivity contribution is 5.89. The Kier molecular flexibility index (Phi) is 3.69. The van der Waals surface area contributed by atoms with Crippen molar-refractivity contribution in [3.05, 3.63) is 66.0 Å². The van der Waals surface area contributed by atoms with Gasteiger partial charge in [-0.05, 0) is 36.6 Å². The predicted molar refractivity (Wildman–Crippen MR) is 83.4 cm³/mol. The Bertz CT molecular complexity index is 762. The Morgan fingerprint density at radius 2 is 2.00 bits per heavy atom. The highest BCUT2D eigenvalue weighted by Gasteiger charge is 2.09. The molecule has 0 atom stereocenters. The normalized spacial score (nSPS) is 10.7. The maximum Gasteiger partial charge on any atom is 0.327 e. The molecule has 0 aliphatic carbocycles. The van der Waals surface area contributed by atoms with Crippen molar-refractivity contribution in [3.63, 3.8) is 0 Å². The van der Waals surface area contributed by atoms with Crippen LogP contribution in [0.25, 0.3) is 11.0 Å². The molecule has 0 saturated carbocycles. The number of hydrogen-bond donors (Lipinski definition) is 1. The van der Waals surface area contributed by atoms with Gasteiger partial charge in [0.2, 0.25) is 0 Å². The van der Waals surface area contributed by atoms with Crippen LogP contribution in [-0.2, 0) is 6.42 Å². The minimum Gasteiger partial charge on any atom is -0.337 e. The molecule has 1 heterocycles. The van der Waals surface area contributed by atoms with Crippen LogP contribution >= 0.6 is 0 Å². The minimum absolute atomic E-state index is 0.141. The lowest BCUT2D eigenvalue weighted by molar-refractivity contribution is 0.243. The number of aromatic nitrogens is 2. The maximum absolute atomic E-state index is 12.2. The Morgan fingerprint density at radius 3 is 2.81 bits per heavy atom. The van der Waals surface area contributed by atoms with Gasteiger partial charge in [-0.15, -0.1) is 0 Å². The molecule has 21 heavy (non-hydrogen) atoms. The molecule has 1 amide bonds. The molecule has 3 rings (SSSR count). The zero-order valence-electron chi connectivity index (χ0n) is 11.9. The van der Waals surface area contributed by atoms with Gasteiger partial charge in [0.15, 0.2) is 0 Å². The Hall–Kier alpha value is -2.62. The molecule has 4 nitrogen and oxygen atoms in total. The van der Waals surface area contributed by atoms with Crippen LogP contribution in [0.15, 0.2) is 54.9 Å². The molecule has 0 aliphatic heterocycles. The minimum atomic E-state index is -0.141. The van der Waals surface area contributed by atoms with Crippen LogP contribution in [0.2, 0.25) is 0 Å². The summed E-state index contributed by atoms with van der Waals surface area (Å²) in [6.07, 6.45) is 2.39. The lowest BCUT2D eigenvalue weighted by Crippen LogP contribution is -2.29. The number of imidazole rings is 1. The van der Waals surface area contributed by atoms with E-state index in [4.69, 9.17) is 0 Å². The van der Waals surface area contributed by atoms with Gasteiger partial charge in [-0.3, -0.25) is 4.57 Å². The molecule has 0 spiro atoms. The van der Waals surface area contributed by atoms with Crippen LogP contribution in [0.1, 0.15) is 11.1 Å². The highest BCUT2D eigenvalue weighted by atomic mass is 16.2. The molecular weight excluding hydrogens is 262 g/mol. The number of nitrogens with zero attached hydrogens (tertiary/aromatic N) is 2. The van der Waals surface area contributed by atoms with E-state index in [9.17, 15) is 4.79 Å². The van der Waals surface area contributed by atoms with Gasteiger partial charge < -0.3 is 5.32 Å². The van der Waals surface area contributed by atoms with Gasteiger partial charge in [-0.2, -0.15) is 0 Å². The standard InChI is InChI=1S/C17H17N3O/c1-13-7-8-16-15(11-13)19-12-20(16)17(21)18-10-9-14-5-3-2-4-6-14/h2-8,11-12H,9-10H2,1H3,(H,18,21). The second-order valence-electron chi connectivity index (χ2n) is 5.07. The highest BCUT2D eigenvalue weighted by Crippen LogP contribution is 2.14. The van der Waals surface area contributed by atoms with Gasteiger partial charge in [0.05, 0.1) is 11.0 Å². The van der Waals surface area contributed by atoms with Gasteiger partial charge in [0.25, 0.3) is 0 Å². The molecule has 106 valence electrons. The first-order valence-electron chi connectivity index (χ1n) is 7.00. The lowest BCUT2D eigenvalue weighted by Gasteiger charge is -2.06. The van der Waals surface area contributed by atoms with Crippen LogP contribution < -0.4 is 5.32 Å². The first-order chi connectivity index (χ1) is 10.2. The maximum atomic E-state index is 12.2. The third-order valence-corrected chi connectivity index (χ3v) is 3.45. The molecule has 1 aromatic heterocycles. The number of hydrogen-bond acceptors (Lipinski definition) is 2. The Balaban J connectivity index is 1.67. The van der Waals surface area contributed by atoms with Gasteiger partial charge in [-0.25, -0.2) is 9.78 Å². The molecule has 3 aromatic rings. The fourth-order valence-corrected chi connectivity index (χ4v) is 2.33. The SMILES string of the molecule is Cc1ccc2c(c1)ncn2C(=O)NCCc1ccccc1. The summed E-state index contributed by atoms with van der Waals surface area (Å²) in [5.74, 6) is 0. The van der Waals surface area contributed by atoms with E-state index in [1.165, 1.54) is 5.56 Å². The summed E-state index contributed by atoms with van der Waals surface area (Å²) < 4.78 is 1.56. The molecule has 4 heteroatoms. The van der Waals surface area contributed by atoms with Crippen LogP contribution in [0.5, 0.6) is 0 Å².